The van der Waals surface area contributed by atoms with E-state index in [1.165, 1.54) is 38.1 Å². The molecule has 1 N–H and O–H groups in total. The first-order chi connectivity index (χ1) is 8.96. The Balaban J connectivity index is 1.84. The van der Waals surface area contributed by atoms with Crippen LogP contribution < -0.4 is 5.32 Å². The van der Waals surface area contributed by atoms with E-state index in [0.717, 1.165) is 13.0 Å². The maximum Gasteiger partial charge on any atom is 0.220 e. The number of nitrogens with zero attached hydrogens (tertiary/aromatic N) is 1. The van der Waals surface area contributed by atoms with E-state index in [4.69, 9.17) is 0 Å². The van der Waals surface area contributed by atoms with E-state index < -0.39 is 0 Å². The summed E-state index contributed by atoms with van der Waals surface area (Å²) < 4.78 is 0.357. The number of carbonyl (C=O) groups excluding carboxylic acids is 1. The SMILES string of the molecule is CC(C)(C)SCCN1CCCC[C@@H]1[C@@H]1CNC(=O)C1. The maximum atomic E-state index is 11.4. The van der Waals surface area contributed by atoms with E-state index >= 15 is 0 Å². The molecule has 0 spiro atoms. The van der Waals surface area contributed by atoms with Crippen molar-refractivity contribution in [1.29, 1.82) is 0 Å². The molecular formula is C15H28N2OS. The lowest BCUT2D eigenvalue weighted by atomic mass is 9.89. The van der Waals surface area contributed by atoms with Crippen molar-refractivity contribution in [1.82, 2.24) is 10.2 Å². The van der Waals surface area contributed by atoms with Crippen LogP contribution in [0.15, 0.2) is 0 Å². The molecule has 4 heteroatoms. The molecule has 2 atom stereocenters. The minimum Gasteiger partial charge on any atom is -0.356 e. The molecule has 110 valence electrons. The highest BCUT2D eigenvalue weighted by Crippen LogP contribution is 2.29. The molecule has 2 fully saturated rings. The monoisotopic (exact) mass is 284 g/mol. The molecule has 2 aliphatic heterocycles. The van der Waals surface area contributed by atoms with Gasteiger partial charge in [-0.1, -0.05) is 27.2 Å². The first-order valence-electron chi connectivity index (χ1n) is 7.60. The summed E-state index contributed by atoms with van der Waals surface area (Å²) in [5, 5.41) is 3.00. The predicted octanol–water partition coefficient (Wildman–Crippen LogP) is 2.51. The van der Waals surface area contributed by atoms with Crippen LogP contribution in [-0.2, 0) is 4.79 Å². The van der Waals surface area contributed by atoms with Crippen LogP contribution >= 0.6 is 11.8 Å². The van der Waals surface area contributed by atoms with Gasteiger partial charge in [0.15, 0.2) is 0 Å². The molecule has 1 amide bonds. The largest absolute Gasteiger partial charge is 0.356 e. The van der Waals surface area contributed by atoms with Crippen LogP contribution in [0.5, 0.6) is 0 Å². The molecule has 0 unspecified atom stereocenters. The Morgan fingerprint density at radius 3 is 2.79 bits per heavy atom. The minimum atomic E-state index is 0.250. The quantitative estimate of drug-likeness (QED) is 0.861. The number of rotatable bonds is 4. The van der Waals surface area contributed by atoms with Gasteiger partial charge in [0.2, 0.25) is 5.91 Å². The highest BCUT2D eigenvalue weighted by molar-refractivity contribution is 8.00. The van der Waals surface area contributed by atoms with Crippen molar-refractivity contribution in [3.63, 3.8) is 0 Å². The summed E-state index contributed by atoms with van der Waals surface area (Å²) >= 11 is 2.05. The first kappa shape index (κ1) is 15.2. The molecule has 0 saturated carbocycles. The van der Waals surface area contributed by atoms with Crippen molar-refractivity contribution >= 4 is 17.7 Å². The molecule has 0 radical (unpaired) electrons. The fourth-order valence-corrected chi connectivity index (χ4v) is 4.13. The molecule has 0 aromatic rings. The summed E-state index contributed by atoms with van der Waals surface area (Å²) in [7, 11) is 0. The van der Waals surface area contributed by atoms with E-state index in [1.807, 2.05) is 11.8 Å². The van der Waals surface area contributed by atoms with E-state index in [1.54, 1.807) is 0 Å². The zero-order chi connectivity index (χ0) is 13.9. The normalized spacial score (nSPS) is 29.5. The summed E-state index contributed by atoms with van der Waals surface area (Å²) in [4.78, 5) is 14.1. The van der Waals surface area contributed by atoms with Crippen LogP contribution in [0.25, 0.3) is 0 Å². The van der Waals surface area contributed by atoms with Crippen LogP contribution in [0, 0.1) is 5.92 Å². The number of hydrogen-bond acceptors (Lipinski definition) is 3. The van der Waals surface area contributed by atoms with Crippen LogP contribution in [0.4, 0.5) is 0 Å². The first-order valence-corrected chi connectivity index (χ1v) is 8.59. The van der Waals surface area contributed by atoms with Gasteiger partial charge in [0.05, 0.1) is 0 Å². The Hall–Kier alpha value is -0.220. The van der Waals surface area contributed by atoms with Gasteiger partial charge in [-0.05, 0) is 19.4 Å². The van der Waals surface area contributed by atoms with Gasteiger partial charge in [-0.25, -0.2) is 0 Å². The lowest BCUT2D eigenvalue weighted by molar-refractivity contribution is -0.119. The minimum absolute atomic E-state index is 0.250. The molecule has 19 heavy (non-hydrogen) atoms. The van der Waals surface area contributed by atoms with E-state index in [9.17, 15) is 4.79 Å². The summed E-state index contributed by atoms with van der Waals surface area (Å²) in [6.07, 6.45) is 4.68. The van der Waals surface area contributed by atoms with Crippen LogP contribution in [0.1, 0.15) is 46.5 Å². The number of likely N-dealkylation sites (tertiary alicyclic amines) is 1. The number of hydrogen-bond donors (Lipinski definition) is 1. The Labute approximate surface area is 121 Å². The van der Waals surface area contributed by atoms with Gasteiger partial charge in [-0.2, -0.15) is 11.8 Å². The van der Waals surface area contributed by atoms with Crippen molar-refractivity contribution in [2.24, 2.45) is 5.92 Å². The fourth-order valence-electron chi connectivity index (χ4n) is 3.20. The van der Waals surface area contributed by atoms with Gasteiger partial charge in [-0.3, -0.25) is 9.69 Å². The Morgan fingerprint density at radius 2 is 2.16 bits per heavy atom. The molecular weight excluding hydrogens is 256 g/mol. The topological polar surface area (TPSA) is 32.3 Å². The highest BCUT2D eigenvalue weighted by atomic mass is 32.2. The number of carbonyl (C=O) groups is 1. The zero-order valence-corrected chi connectivity index (χ0v) is 13.4. The molecule has 0 aromatic heterocycles. The van der Waals surface area contributed by atoms with Crippen LogP contribution in [0.2, 0.25) is 0 Å². The third-order valence-electron chi connectivity index (χ3n) is 4.13. The lowest BCUT2D eigenvalue weighted by Crippen LogP contribution is -2.46. The van der Waals surface area contributed by atoms with Crippen molar-refractivity contribution < 1.29 is 4.79 Å². The second-order valence-corrected chi connectivity index (χ2v) is 8.75. The van der Waals surface area contributed by atoms with Gasteiger partial charge < -0.3 is 5.32 Å². The summed E-state index contributed by atoms with van der Waals surface area (Å²) in [6.45, 7) is 10.1. The fraction of sp³-hybridized carbons (Fsp3) is 0.933. The van der Waals surface area contributed by atoms with Crippen LogP contribution in [0.3, 0.4) is 0 Å². The number of nitrogens with one attached hydrogen (secondary N) is 1. The molecule has 2 aliphatic rings. The van der Waals surface area contributed by atoms with E-state index in [2.05, 4.69) is 31.0 Å². The van der Waals surface area contributed by atoms with Crippen molar-refractivity contribution in [3.8, 4) is 0 Å². The van der Waals surface area contributed by atoms with Gasteiger partial charge in [0, 0.05) is 42.0 Å². The van der Waals surface area contributed by atoms with Crippen LogP contribution in [-0.4, -0.2) is 47.0 Å². The summed E-state index contributed by atoms with van der Waals surface area (Å²) in [5.41, 5.74) is 0. The van der Waals surface area contributed by atoms with Crippen molar-refractivity contribution in [2.75, 3.05) is 25.4 Å². The second kappa shape index (κ2) is 6.49. The van der Waals surface area contributed by atoms with Gasteiger partial charge in [-0.15, -0.1) is 0 Å². The molecule has 2 saturated heterocycles. The Bertz CT molecular complexity index is 314. The third-order valence-corrected chi connectivity index (χ3v) is 5.38. The summed E-state index contributed by atoms with van der Waals surface area (Å²) in [6, 6.07) is 0.633. The average Bonchev–Trinajstić information content (AvgIpc) is 2.75. The second-order valence-electron chi connectivity index (χ2n) is 6.83. The molecule has 2 heterocycles. The van der Waals surface area contributed by atoms with Crippen molar-refractivity contribution in [2.45, 2.75) is 57.2 Å². The standard InChI is InChI=1S/C15H28N2OS/c1-15(2,3)19-9-8-17-7-5-4-6-13(17)12-10-14(18)16-11-12/h12-13H,4-11H2,1-3H3,(H,16,18)/t12-,13+/m0/s1. The number of piperidine rings is 1. The maximum absolute atomic E-state index is 11.4. The van der Waals surface area contributed by atoms with Gasteiger partial charge >= 0.3 is 0 Å². The van der Waals surface area contributed by atoms with E-state index in [0.29, 0.717) is 16.7 Å². The number of thioether (sulfide) groups is 1. The Kier molecular flexibility index (Phi) is 5.18. The predicted molar refractivity (Wildman–Crippen MR) is 82.5 cm³/mol. The van der Waals surface area contributed by atoms with Gasteiger partial charge in [0.1, 0.15) is 0 Å². The number of amides is 1. The molecule has 0 bridgehead atoms. The summed E-state index contributed by atoms with van der Waals surface area (Å²) in [5.74, 6) is 2.00. The molecule has 2 rings (SSSR count). The third kappa shape index (κ3) is 4.67. The smallest absolute Gasteiger partial charge is 0.220 e. The average molecular weight is 284 g/mol. The molecule has 0 aliphatic carbocycles. The highest BCUT2D eigenvalue weighted by Gasteiger charge is 2.34. The zero-order valence-electron chi connectivity index (χ0n) is 12.6. The molecule has 0 aromatic carbocycles. The molecule has 3 nitrogen and oxygen atoms in total. The Morgan fingerprint density at radius 1 is 1.37 bits per heavy atom. The van der Waals surface area contributed by atoms with E-state index in [-0.39, 0.29) is 5.91 Å². The lowest BCUT2D eigenvalue weighted by Gasteiger charge is -2.39. The van der Waals surface area contributed by atoms with Gasteiger partial charge in [0.25, 0.3) is 0 Å². The van der Waals surface area contributed by atoms with Crippen molar-refractivity contribution in [3.05, 3.63) is 0 Å².